The molecular weight excluding hydrogens is 236 g/mol. The third-order valence-electron chi connectivity index (χ3n) is 4.81. The van der Waals surface area contributed by atoms with E-state index in [2.05, 4.69) is 36.7 Å². The average molecular weight is 264 g/mol. The maximum Gasteiger partial charge on any atom is 0.0499 e. The van der Waals surface area contributed by atoms with Gasteiger partial charge in [-0.25, -0.2) is 0 Å². The first-order valence-corrected chi connectivity index (χ1v) is 7.59. The standard InChI is InChI=1S/C16H28N2O/c1-4-18-13(2)9-15(14(18)3)10-17-11-16(12-19)7-5-6-8-16/h9,17,19H,4-8,10-12H2,1-3H3. The van der Waals surface area contributed by atoms with Gasteiger partial charge in [0.25, 0.3) is 0 Å². The lowest BCUT2D eigenvalue weighted by Crippen LogP contribution is -2.34. The molecule has 0 saturated heterocycles. The van der Waals surface area contributed by atoms with Crippen LogP contribution in [0.1, 0.15) is 49.6 Å². The summed E-state index contributed by atoms with van der Waals surface area (Å²) >= 11 is 0. The Bertz CT molecular complexity index is 417. The molecule has 0 spiro atoms. The van der Waals surface area contributed by atoms with Crippen LogP contribution in [0.15, 0.2) is 6.07 Å². The van der Waals surface area contributed by atoms with Crippen molar-refractivity contribution in [2.24, 2.45) is 5.41 Å². The summed E-state index contributed by atoms with van der Waals surface area (Å²) in [5.41, 5.74) is 4.26. The van der Waals surface area contributed by atoms with E-state index < -0.39 is 0 Å². The van der Waals surface area contributed by atoms with Crippen molar-refractivity contribution in [2.45, 2.75) is 59.5 Å². The zero-order valence-electron chi connectivity index (χ0n) is 12.6. The van der Waals surface area contributed by atoms with Gasteiger partial charge in [0.1, 0.15) is 0 Å². The lowest BCUT2D eigenvalue weighted by atomic mass is 9.87. The fourth-order valence-corrected chi connectivity index (χ4v) is 3.52. The van der Waals surface area contributed by atoms with E-state index in [1.807, 2.05) is 0 Å². The van der Waals surface area contributed by atoms with Crippen molar-refractivity contribution in [3.05, 3.63) is 23.0 Å². The van der Waals surface area contributed by atoms with Crippen LogP contribution in [0.5, 0.6) is 0 Å². The molecule has 0 atom stereocenters. The van der Waals surface area contributed by atoms with Crippen molar-refractivity contribution in [3.8, 4) is 0 Å². The molecule has 0 amide bonds. The second-order valence-corrected chi connectivity index (χ2v) is 6.11. The first-order chi connectivity index (χ1) is 9.12. The van der Waals surface area contributed by atoms with Gasteiger partial charge in [-0.3, -0.25) is 0 Å². The van der Waals surface area contributed by atoms with E-state index in [0.29, 0.717) is 6.61 Å². The summed E-state index contributed by atoms with van der Waals surface area (Å²) in [6.07, 6.45) is 4.88. The molecule has 1 aliphatic carbocycles. The third-order valence-corrected chi connectivity index (χ3v) is 4.81. The Morgan fingerprint density at radius 1 is 1.32 bits per heavy atom. The number of aliphatic hydroxyl groups is 1. The Labute approximate surface area is 117 Å². The fourth-order valence-electron chi connectivity index (χ4n) is 3.52. The molecule has 1 saturated carbocycles. The van der Waals surface area contributed by atoms with E-state index in [9.17, 15) is 5.11 Å². The molecule has 0 aromatic carbocycles. The van der Waals surface area contributed by atoms with Crippen LogP contribution in [0, 0.1) is 19.3 Å². The first-order valence-electron chi connectivity index (χ1n) is 7.59. The number of nitrogens with one attached hydrogen (secondary N) is 1. The topological polar surface area (TPSA) is 37.2 Å². The van der Waals surface area contributed by atoms with Crippen molar-refractivity contribution in [2.75, 3.05) is 13.2 Å². The average Bonchev–Trinajstić information content (AvgIpc) is 2.97. The Morgan fingerprint density at radius 2 is 2.00 bits per heavy atom. The molecule has 1 heterocycles. The normalized spacial score (nSPS) is 18.1. The largest absolute Gasteiger partial charge is 0.396 e. The Morgan fingerprint density at radius 3 is 2.53 bits per heavy atom. The molecule has 1 aliphatic rings. The molecule has 2 N–H and O–H groups in total. The summed E-state index contributed by atoms with van der Waals surface area (Å²) in [4.78, 5) is 0. The molecule has 2 rings (SSSR count). The van der Waals surface area contributed by atoms with Gasteiger partial charge in [0.05, 0.1) is 0 Å². The Kier molecular flexibility index (Phi) is 4.69. The van der Waals surface area contributed by atoms with Gasteiger partial charge in [0.2, 0.25) is 0 Å². The van der Waals surface area contributed by atoms with Crippen LogP contribution in [-0.2, 0) is 13.1 Å². The molecule has 19 heavy (non-hydrogen) atoms. The van der Waals surface area contributed by atoms with E-state index >= 15 is 0 Å². The van der Waals surface area contributed by atoms with Gasteiger partial charge in [-0.2, -0.15) is 0 Å². The van der Waals surface area contributed by atoms with Crippen molar-refractivity contribution in [1.82, 2.24) is 9.88 Å². The maximum atomic E-state index is 9.61. The molecule has 1 aromatic rings. The van der Waals surface area contributed by atoms with Crippen LogP contribution in [0.25, 0.3) is 0 Å². The molecule has 1 aromatic heterocycles. The Balaban J connectivity index is 1.92. The van der Waals surface area contributed by atoms with Crippen LogP contribution in [-0.4, -0.2) is 22.8 Å². The quantitative estimate of drug-likeness (QED) is 0.829. The van der Waals surface area contributed by atoms with Crippen molar-refractivity contribution in [1.29, 1.82) is 0 Å². The van der Waals surface area contributed by atoms with Crippen LogP contribution < -0.4 is 5.32 Å². The first kappa shape index (κ1) is 14.6. The number of aliphatic hydroxyl groups excluding tert-OH is 1. The zero-order valence-corrected chi connectivity index (χ0v) is 12.6. The van der Waals surface area contributed by atoms with Crippen molar-refractivity contribution >= 4 is 0 Å². The number of aryl methyl sites for hydroxylation is 1. The Hall–Kier alpha value is -0.800. The predicted octanol–water partition coefficient (Wildman–Crippen LogP) is 2.77. The molecule has 0 unspecified atom stereocenters. The lowest BCUT2D eigenvalue weighted by molar-refractivity contribution is 0.128. The van der Waals surface area contributed by atoms with Gasteiger partial charge >= 0.3 is 0 Å². The van der Waals surface area contributed by atoms with Crippen LogP contribution in [0.2, 0.25) is 0 Å². The van der Waals surface area contributed by atoms with Gasteiger partial charge in [-0.05, 0) is 45.2 Å². The zero-order chi connectivity index (χ0) is 13.9. The highest BCUT2D eigenvalue weighted by Gasteiger charge is 2.32. The van der Waals surface area contributed by atoms with Crippen LogP contribution in [0.4, 0.5) is 0 Å². The highest BCUT2D eigenvalue weighted by atomic mass is 16.3. The monoisotopic (exact) mass is 264 g/mol. The van der Waals surface area contributed by atoms with E-state index in [0.717, 1.165) is 19.6 Å². The van der Waals surface area contributed by atoms with Crippen molar-refractivity contribution < 1.29 is 5.11 Å². The predicted molar refractivity (Wildman–Crippen MR) is 79.3 cm³/mol. The number of rotatable bonds is 6. The fraction of sp³-hybridized carbons (Fsp3) is 0.750. The minimum absolute atomic E-state index is 0.149. The summed E-state index contributed by atoms with van der Waals surface area (Å²) in [5.74, 6) is 0. The number of aromatic nitrogens is 1. The highest BCUT2D eigenvalue weighted by molar-refractivity contribution is 5.26. The smallest absolute Gasteiger partial charge is 0.0499 e. The summed E-state index contributed by atoms with van der Waals surface area (Å²) in [7, 11) is 0. The molecule has 3 nitrogen and oxygen atoms in total. The van der Waals surface area contributed by atoms with E-state index in [1.54, 1.807) is 0 Å². The number of nitrogens with zero attached hydrogens (tertiary/aromatic N) is 1. The second-order valence-electron chi connectivity index (χ2n) is 6.11. The molecule has 0 radical (unpaired) electrons. The minimum atomic E-state index is 0.149. The van der Waals surface area contributed by atoms with Crippen molar-refractivity contribution in [3.63, 3.8) is 0 Å². The van der Waals surface area contributed by atoms with Gasteiger partial charge in [0.15, 0.2) is 0 Å². The number of hydrogen-bond donors (Lipinski definition) is 2. The number of hydrogen-bond acceptors (Lipinski definition) is 2. The van der Waals surface area contributed by atoms with E-state index in [1.165, 1.54) is 42.6 Å². The molecule has 1 fully saturated rings. The molecular formula is C16H28N2O. The minimum Gasteiger partial charge on any atom is -0.396 e. The summed E-state index contributed by atoms with van der Waals surface area (Å²) in [5, 5.41) is 13.2. The van der Waals surface area contributed by atoms with E-state index in [4.69, 9.17) is 0 Å². The SMILES string of the molecule is CCn1c(C)cc(CNCC2(CO)CCCC2)c1C. The lowest BCUT2D eigenvalue weighted by Gasteiger charge is -2.26. The molecule has 0 bridgehead atoms. The third kappa shape index (κ3) is 3.03. The summed E-state index contributed by atoms with van der Waals surface area (Å²) < 4.78 is 2.36. The van der Waals surface area contributed by atoms with Crippen LogP contribution in [0.3, 0.4) is 0 Å². The van der Waals surface area contributed by atoms with Gasteiger partial charge in [-0.1, -0.05) is 12.8 Å². The molecule has 108 valence electrons. The molecule has 3 heteroatoms. The van der Waals surface area contributed by atoms with Crippen LogP contribution >= 0.6 is 0 Å². The van der Waals surface area contributed by atoms with Gasteiger partial charge < -0.3 is 15.0 Å². The second kappa shape index (κ2) is 6.10. The highest BCUT2D eigenvalue weighted by Crippen LogP contribution is 2.36. The van der Waals surface area contributed by atoms with Gasteiger partial charge in [-0.15, -0.1) is 0 Å². The summed E-state index contributed by atoms with van der Waals surface area (Å²) in [6.45, 7) is 9.79. The van der Waals surface area contributed by atoms with E-state index in [-0.39, 0.29) is 5.41 Å². The summed E-state index contributed by atoms with van der Waals surface area (Å²) in [6, 6.07) is 2.28. The van der Waals surface area contributed by atoms with Gasteiger partial charge in [0, 0.05) is 43.0 Å². The maximum absolute atomic E-state index is 9.61. The molecule has 0 aliphatic heterocycles.